The average Bonchev–Trinajstić information content (AvgIpc) is 3.22. The third-order valence-corrected chi connectivity index (χ3v) is 5.84. The van der Waals surface area contributed by atoms with Gasteiger partial charge in [-0.2, -0.15) is 0 Å². The molecule has 0 aliphatic rings. The zero-order chi connectivity index (χ0) is 21.5. The van der Waals surface area contributed by atoms with Crippen molar-refractivity contribution in [3.8, 4) is 5.69 Å². The van der Waals surface area contributed by atoms with Gasteiger partial charge in [0.25, 0.3) is 0 Å². The molecular weight excluding hydrogens is 404 g/mol. The van der Waals surface area contributed by atoms with Crippen molar-refractivity contribution in [1.29, 1.82) is 0 Å². The van der Waals surface area contributed by atoms with E-state index >= 15 is 0 Å². The molecule has 1 heterocycles. The van der Waals surface area contributed by atoms with Crippen LogP contribution in [-0.2, 0) is 11.2 Å². The number of thioether (sulfide) groups is 1. The highest BCUT2D eigenvalue weighted by Crippen LogP contribution is 2.24. The van der Waals surface area contributed by atoms with Crippen LogP contribution >= 0.6 is 11.8 Å². The summed E-state index contributed by atoms with van der Waals surface area (Å²) in [5, 5.41) is 9.60. The van der Waals surface area contributed by atoms with E-state index in [0.717, 1.165) is 22.4 Å². The Balaban J connectivity index is 1.57. The molecule has 0 saturated heterocycles. The van der Waals surface area contributed by atoms with E-state index in [1.807, 2.05) is 90.4 Å². The van der Waals surface area contributed by atoms with Gasteiger partial charge in [0.15, 0.2) is 5.16 Å². The van der Waals surface area contributed by atoms with Gasteiger partial charge < -0.3 is 4.90 Å². The number of aromatic nitrogens is 3. The number of amides is 1. The predicted octanol–water partition coefficient (Wildman–Crippen LogP) is 5.00. The molecule has 0 bridgehead atoms. The van der Waals surface area contributed by atoms with Crippen LogP contribution in [0.1, 0.15) is 18.3 Å². The predicted molar refractivity (Wildman–Crippen MR) is 126 cm³/mol. The molecule has 5 nitrogen and oxygen atoms in total. The lowest BCUT2D eigenvalue weighted by molar-refractivity contribution is -0.116. The van der Waals surface area contributed by atoms with Crippen molar-refractivity contribution in [3.05, 3.63) is 102 Å². The molecule has 0 atom stereocenters. The van der Waals surface area contributed by atoms with Crippen LogP contribution in [0.2, 0.25) is 0 Å². The van der Waals surface area contributed by atoms with Crippen LogP contribution in [0, 0.1) is 0 Å². The molecule has 31 heavy (non-hydrogen) atoms. The van der Waals surface area contributed by atoms with Crippen LogP contribution in [0.15, 0.2) is 96.2 Å². The third kappa shape index (κ3) is 5.03. The van der Waals surface area contributed by atoms with Gasteiger partial charge in [-0.3, -0.25) is 9.36 Å². The molecule has 6 heteroatoms. The van der Waals surface area contributed by atoms with Crippen LogP contribution < -0.4 is 4.90 Å². The molecule has 0 unspecified atom stereocenters. The van der Waals surface area contributed by atoms with Gasteiger partial charge in [-0.05, 0) is 36.8 Å². The van der Waals surface area contributed by atoms with E-state index in [0.29, 0.717) is 18.7 Å². The van der Waals surface area contributed by atoms with Gasteiger partial charge in [0, 0.05) is 24.3 Å². The number of benzene rings is 3. The maximum atomic E-state index is 12.9. The maximum absolute atomic E-state index is 12.9. The van der Waals surface area contributed by atoms with Crippen LogP contribution in [0.4, 0.5) is 5.69 Å². The highest BCUT2D eigenvalue weighted by molar-refractivity contribution is 7.99. The normalized spacial score (nSPS) is 10.7. The molecule has 0 saturated carbocycles. The Morgan fingerprint density at radius 3 is 2.13 bits per heavy atom. The van der Waals surface area contributed by atoms with Gasteiger partial charge in [0.1, 0.15) is 5.82 Å². The van der Waals surface area contributed by atoms with E-state index in [2.05, 4.69) is 22.3 Å². The minimum absolute atomic E-state index is 0.0471. The van der Waals surface area contributed by atoms with E-state index in [4.69, 9.17) is 0 Å². The summed E-state index contributed by atoms with van der Waals surface area (Å²) in [4.78, 5) is 14.7. The number of carbonyl (C=O) groups is 1. The molecule has 0 spiro atoms. The van der Waals surface area contributed by atoms with Crippen LogP contribution in [0.5, 0.6) is 0 Å². The SMILES string of the molecule is CCN(C(=O)CSc1nnc(Cc2ccccc2)n1-c1ccccc1)c1ccccc1. The number of para-hydroxylation sites is 2. The van der Waals surface area contributed by atoms with E-state index in [9.17, 15) is 4.79 Å². The summed E-state index contributed by atoms with van der Waals surface area (Å²) in [6.45, 7) is 2.61. The Hall–Kier alpha value is -3.38. The van der Waals surface area contributed by atoms with Gasteiger partial charge in [-0.1, -0.05) is 78.5 Å². The molecular formula is C25H24N4OS. The summed E-state index contributed by atoms with van der Waals surface area (Å²) in [6.07, 6.45) is 0.669. The first kappa shape index (κ1) is 20.9. The Labute approximate surface area is 186 Å². The summed E-state index contributed by atoms with van der Waals surface area (Å²) >= 11 is 1.42. The molecule has 0 aliphatic carbocycles. The van der Waals surface area contributed by atoms with Crippen LogP contribution in [0.25, 0.3) is 5.69 Å². The molecule has 3 aromatic carbocycles. The fourth-order valence-corrected chi connectivity index (χ4v) is 4.29. The number of hydrogen-bond donors (Lipinski definition) is 0. The molecule has 4 rings (SSSR count). The second-order valence-electron chi connectivity index (χ2n) is 6.99. The summed E-state index contributed by atoms with van der Waals surface area (Å²) in [5.74, 6) is 1.19. The Kier molecular flexibility index (Phi) is 6.79. The quantitative estimate of drug-likeness (QED) is 0.371. The van der Waals surface area contributed by atoms with E-state index in [1.165, 1.54) is 17.3 Å². The van der Waals surface area contributed by atoms with Crippen molar-refractivity contribution in [2.45, 2.75) is 18.5 Å². The number of anilines is 1. The first-order chi connectivity index (χ1) is 15.3. The zero-order valence-electron chi connectivity index (χ0n) is 17.4. The van der Waals surface area contributed by atoms with Crippen molar-refractivity contribution < 1.29 is 4.79 Å². The summed E-state index contributed by atoms with van der Waals surface area (Å²) in [7, 11) is 0. The zero-order valence-corrected chi connectivity index (χ0v) is 18.2. The molecule has 0 aliphatic heterocycles. The van der Waals surface area contributed by atoms with E-state index in [1.54, 1.807) is 4.90 Å². The van der Waals surface area contributed by atoms with Crippen LogP contribution in [0.3, 0.4) is 0 Å². The van der Waals surface area contributed by atoms with Crippen molar-refractivity contribution in [3.63, 3.8) is 0 Å². The van der Waals surface area contributed by atoms with Crippen LogP contribution in [-0.4, -0.2) is 33.0 Å². The van der Waals surface area contributed by atoms with Crippen molar-refractivity contribution in [2.75, 3.05) is 17.2 Å². The number of hydrogen-bond acceptors (Lipinski definition) is 4. The van der Waals surface area contributed by atoms with Crippen molar-refractivity contribution in [1.82, 2.24) is 14.8 Å². The highest BCUT2D eigenvalue weighted by Gasteiger charge is 2.19. The van der Waals surface area contributed by atoms with Gasteiger partial charge in [-0.25, -0.2) is 0 Å². The molecule has 0 N–H and O–H groups in total. The molecule has 1 amide bonds. The topological polar surface area (TPSA) is 51.0 Å². The fourth-order valence-electron chi connectivity index (χ4n) is 3.44. The molecule has 0 radical (unpaired) electrons. The summed E-state index contributed by atoms with van der Waals surface area (Å²) in [6, 6.07) is 30.0. The van der Waals surface area contributed by atoms with Gasteiger partial charge in [-0.15, -0.1) is 10.2 Å². The van der Waals surface area contributed by atoms with E-state index < -0.39 is 0 Å². The minimum atomic E-state index is 0.0471. The maximum Gasteiger partial charge on any atom is 0.237 e. The third-order valence-electron chi connectivity index (χ3n) is 4.93. The average molecular weight is 429 g/mol. The van der Waals surface area contributed by atoms with Gasteiger partial charge in [0.2, 0.25) is 5.91 Å². The number of carbonyl (C=O) groups excluding carboxylic acids is 1. The number of nitrogens with zero attached hydrogens (tertiary/aromatic N) is 4. The molecule has 0 fully saturated rings. The van der Waals surface area contributed by atoms with Crippen molar-refractivity contribution in [2.24, 2.45) is 0 Å². The standard InChI is InChI=1S/C25H24N4OS/c1-2-28(21-14-8-4-9-15-21)24(30)19-31-25-27-26-23(18-20-12-6-3-7-13-20)29(25)22-16-10-5-11-17-22/h3-17H,2,18-19H2,1H3. The highest BCUT2D eigenvalue weighted by atomic mass is 32.2. The Morgan fingerprint density at radius 1 is 0.871 bits per heavy atom. The fraction of sp³-hybridized carbons (Fsp3) is 0.160. The largest absolute Gasteiger partial charge is 0.312 e. The smallest absolute Gasteiger partial charge is 0.237 e. The molecule has 156 valence electrons. The summed E-state index contributed by atoms with van der Waals surface area (Å²) in [5.41, 5.74) is 3.06. The van der Waals surface area contributed by atoms with Gasteiger partial charge in [0.05, 0.1) is 5.75 Å². The monoisotopic (exact) mass is 428 g/mol. The van der Waals surface area contributed by atoms with E-state index in [-0.39, 0.29) is 5.91 Å². The Morgan fingerprint density at radius 2 is 1.48 bits per heavy atom. The molecule has 1 aromatic heterocycles. The lowest BCUT2D eigenvalue weighted by atomic mass is 10.1. The Bertz CT molecular complexity index is 1110. The summed E-state index contributed by atoms with van der Waals surface area (Å²) < 4.78 is 2.05. The second kappa shape index (κ2) is 10.1. The first-order valence-electron chi connectivity index (χ1n) is 10.3. The lowest BCUT2D eigenvalue weighted by Gasteiger charge is -2.20. The molecule has 4 aromatic rings. The van der Waals surface area contributed by atoms with Gasteiger partial charge >= 0.3 is 0 Å². The minimum Gasteiger partial charge on any atom is -0.312 e. The first-order valence-corrected chi connectivity index (χ1v) is 11.3. The number of rotatable bonds is 8. The lowest BCUT2D eigenvalue weighted by Crippen LogP contribution is -2.32. The van der Waals surface area contributed by atoms with Crippen molar-refractivity contribution >= 4 is 23.4 Å². The second-order valence-corrected chi connectivity index (χ2v) is 7.94.